The normalized spacial score (nSPS) is 12.6. The van der Waals surface area contributed by atoms with Gasteiger partial charge < -0.3 is 10.3 Å². The summed E-state index contributed by atoms with van der Waals surface area (Å²) in [6.45, 7) is 0. The van der Waals surface area contributed by atoms with Crippen LogP contribution in [-0.2, 0) is 4.57 Å². The van der Waals surface area contributed by atoms with E-state index >= 15 is 4.57 Å². The molecule has 9 aromatic carbocycles. The number of rotatable bonds is 3. The Morgan fingerprint density at radius 3 is 1.20 bits per heavy atom. The number of hydrogen-bond acceptors (Lipinski definition) is 2. The maximum atomic E-state index is 16.2. The van der Waals surface area contributed by atoms with E-state index in [2.05, 4.69) is 109 Å². The van der Waals surface area contributed by atoms with Crippen LogP contribution >= 0.6 is 7.14 Å². The summed E-state index contributed by atoms with van der Waals surface area (Å²) in [5, 5.41) is 16.5. The van der Waals surface area contributed by atoms with Crippen LogP contribution in [0, 0.1) is 0 Å². The molecule has 0 aliphatic carbocycles. The molecule has 0 aliphatic heterocycles. The van der Waals surface area contributed by atoms with Gasteiger partial charge in [-0.3, -0.25) is 0 Å². The lowest BCUT2D eigenvalue weighted by Gasteiger charge is -2.25. The first-order chi connectivity index (χ1) is 20.1. The fourth-order valence-electron chi connectivity index (χ4n) is 7.08. The van der Waals surface area contributed by atoms with E-state index in [-0.39, 0.29) is 0 Å². The van der Waals surface area contributed by atoms with Crippen molar-refractivity contribution in [2.24, 2.45) is 0 Å². The molecule has 0 atom stereocenters. The average molecular weight is 542 g/mol. The van der Waals surface area contributed by atoms with Crippen molar-refractivity contribution in [1.82, 2.24) is 0 Å². The van der Waals surface area contributed by atoms with E-state index in [1.165, 1.54) is 43.1 Å². The SMILES string of the molecule is Nc1ccc(P(=O)(c2ccc3ccc4cccc5ccc2c3c45)c2ccc3ccc4cccc5ccc2c3c45)cc1. The molecular formula is C38H24NOP. The largest absolute Gasteiger partial charge is 0.399 e. The third-order valence-electron chi connectivity index (χ3n) is 8.95. The molecule has 2 N–H and O–H groups in total. The van der Waals surface area contributed by atoms with Crippen LogP contribution in [0.25, 0.3) is 64.6 Å². The van der Waals surface area contributed by atoms with E-state index in [4.69, 9.17) is 5.73 Å². The standard InChI is InChI=1S/C38H24NOP/c39-29-15-17-30(18-16-29)41(40,33-21-13-27-9-7-23-3-1-5-25-11-19-31(33)37(27)35(23)25)34-22-14-28-10-8-24-4-2-6-26-12-20-32(34)38(28)36(24)26/h1-22H,39H2. The van der Waals surface area contributed by atoms with Gasteiger partial charge in [-0.15, -0.1) is 0 Å². The summed E-state index contributed by atoms with van der Waals surface area (Å²) in [5.74, 6) is 0. The molecule has 0 radical (unpaired) electrons. The molecule has 3 heteroatoms. The van der Waals surface area contributed by atoms with E-state index in [1.807, 2.05) is 24.3 Å². The highest BCUT2D eigenvalue weighted by Crippen LogP contribution is 2.49. The molecule has 0 saturated heterocycles. The minimum Gasteiger partial charge on any atom is -0.399 e. The molecular weight excluding hydrogens is 517 g/mol. The Balaban J connectivity index is 1.46. The predicted molar refractivity (Wildman–Crippen MR) is 178 cm³/mol. The lowest BCUT2D eigenvalue weighted by Crippen LogP contribution is -2.26. The number of nitrogens with two attached hydrogens (primary N) is 1. The fourth-order valence-corrected chi connectivity index (χ4v) is 10.1. The summed E-state index contributed by atoms with van der Waals surface area (Å²) >= 11 is 0. The number of nitrogen functional groups attached to an aromatic ring is 1. The molecule has 0 aliphatic rings. The van der Waals surface area contributed by atoms with Crippen molar-refractivity contribution in [2.45, 2.75) is 0 Å². The molecule has 0 amide bonds. The first-order valence-electron chi connectivity index (χ1n) is 13.9. The first-order valence-corrected chi connectivity index (χ1v) is 15.6. The quantitative estimate of drug-likeness (QED) is 0.138. The molecule has 9 aromatic rings. The van der Waals surface area contributed by atoms with E-state index in [0.29, 0.717) is 5.69 Å². The molecule has 41 heavy (non-hydrogen) atoms. The van der Waals surface area contributed by atoms with Gasteiger partial charge in [-0.25, -0.2) is 0 Å². The van der Waals surface area contributed by atoms with Gasteiger partial charge in [0.25, 0.3) is 0 Å². The highest BCUT2D eigenvalue weighted by atomic mass is 31.2. The molecule has 0 saturated carbocycles. The van der Waals surface area contributed by atoms with E-state index in [1.54, 1.807) is 0 Å². The fraction of sp³-hybridized carbons (Fsp3) is 0. The van der Waals surface area contributed by atoms with Gasteiger partial charge in [-0.1, -0.05) is 97.1 Å². The lowest BCUT2D eigenvalue weighted by atomic mass is 9.94. The topological polar surface area (TPSA) is 43.1 Å². The highest BCUT2D eigenvalue weighted by molar-refractivity contribution is 7.86. The molecule has 0 aromatic heterocycles. The van der Waals surface area contributed by atoms with Crippen molar-refractivity contribution in [3.05, 3.63) is 133 Å². The first kappa shape index (κ1) is 22.9. The van der Waals surface area contributed by atoms with Gasteiger partial charge in [0.05, 0.1) is 0 Å². The average Bonchev–Trinajstić information content (AvgIpc) is 3.02. The smallest absolute Gasteiger partial charge is 0.172 e. The molecule has 0 bridgehead atoms. The van der Waals surface area contributed by atoms with Crippen LogP contribution in [0.15, 0.2) is 133 Å². The number of hydrogen-bond donors (Lipinski definition) is 1. The summed E-state index contributed by atoms with van der Waals surface area (Å²) in [5.41, 5.74) is 6.79. The van der Waals surface area contributed by atoms with Crippen LogP contribution in [-0.4, -0.2) is 0 Å². The number of anilines is 1. The Labute approximate surface area is 236 Å². The summed E-state index contributed by atoms with van der Waals surface area (Å²) in [6.07, 6.45) is 0. The number of benzene rings is 9. The zero-order valence-electron chi connectivity index (χ0n) is 22.1. The second-order valence-corrected chi connectivity index (χ2v) is 13.8. The zero-order valence-corrected chi connectivity index (χ0v) is 23.0. The Hall–Kier alpha value is -4.91. The van der Waals surface area contributed by atoms with Crippen molar-refractivity contribution in [3.63, 3.8) is 0 Å². The Kier molecular flexibility index (Phi) is 4.50. The van der Waals surface area contributed by atoms with Crippen LogP contribution in [0.2, 0.25) is 0 Å². The predicted octanol–water partition coefficient (Wildman–Crippen LogP) is 8.70. The third kappa shape index (κ3) is 3.00. The van der Waals surface area contributed by atoms with E-state index < -0.39 is 7.14 Å². The molecule has 2 nitrogen and oxygen atoms in total. The lowest BCUT2D eigenvalue weighted by molar-refractivity contribution is 0.593. The van der Waals surface area contributed by atoms with Crippen LogP contribution in [0.4, 0.5) is 5.69 Å². The Morgan fingerprint density at radius 2 is 0.756 bits per heavy atom. The van der Waals surface area contributed by atoms with Gasteiger partial charge in [0.1, 0.15) is 0 Å². The molecule has 9 rings (SSSR count). The van der Waals surface area contributed by atoms with Gasteiger partial charge in [-0.05, 0) is 101 Å². The van der Waals surface area contributed by atoms with E-state index in [9.17, 15) is 0 Å². The second-order valence-electron chi connectivity index (χ2n) is 11.1. The Morgan fingerprint density at radius 1 is 0.390 bits per heavy atom. The zero-order chi connectivity index (χ0) is 27.3. The Bertz CT molecular complexity index is 2330. The van der Waals surface area contributed by atoms with Crippen LogP contribution in [0.3, 0.4) is 0 Å². The minimum absolute atomic E-state index is 0.658. The highest BCUT2D eigenvalue weighted by Gasteiger charge is 2.34. The summed E-state index contributed by atoms with van der Waals surface area (Å²) in [7, 11) is -3.37. The van der Waals surface area contributed by atoms with Gasteiger partial charge in [-0.2, -0.15) is 0 Å². The minimum atomic E-state index is -3.37. The van der Waals surface area contributed by atoms with Crippen molar-refractivity contribution in [3.8, 4) is 0 Å². The molecule has 0 spiro atoms. The van der Waals surface area contributed by atoms with Crippen LogP contribution < -0.4 is 21.6 Å². The van der Waals surface area contributed by atoms with Crippen molar-refractivity contribution in [1.29, 1.82) is 0 Å². The van der Waals surface area contributed by atoms with Gasteiger partial charge in [0.2, 0.25) is 0 Å². The van der Waals surface area contributed by atoms with Gasteiger partial charge in [0.15, 0.2) is 7.14 Å². The summed E-state index contributed by atoms with van der Waals surface area (Å²) in [6, 6.07) is 46.4. The van der Waals surface area contributed by atoms with Gasteiger partial charge >= 0.3 is 0 Å². The van der Waals surface area contributed by atoms with Crippen molar-refractivity contribution in [2.75, 3.05) is 5.73 Å². The maximum Gasteiger partial charge on any atom is 0.172 e. The van der Waals surface area contributed by atoms with Crippen molar-refractivity contribution >= 4 is 93.4 Å². The van der Waals surface area contributed by atoms with Crippen LogP contribution in [0.1, 0.15) is 0 Å². The summed E-state index contributed by atoms with van der Waals surface area (Å²) in [4.78, 5) is 0. The monoisotopic (exact) mass is 541 g/mol. The van der Waals surface area contributed by atoms with E-state index in [0.717, 1.165) is 37.5 Å². The molecule has 0 fully saturated rings. The van der Waals surface area contributed by atoms with Gasteiger partial charge in [0, 0.05) is 21.6 Å². The second kappa shape index (κ2) is 8.07. The molecule has 192 valence electrons. The van der Waals surface area contributed by atoms with Crippen LogP contribution in [0.5, 0.6) is 0 Å². The summed E-state index contributed by atoms with van der Waals surface area (Å²) < 4.78 is 16.2. The molecule has 0 heterocycles. The maximum absolute atomic E-state index is 16.2. The molecule has 0 unspecified atom stereocenters. The third-order valence-corrected chi connectivity index (χ3v) is 12.1. The van der Waals surface area contributed by atoms with Crippen molar-refractivity contribution < 1.29 is 4.57 Å².